The van der Waals surface area contributed by atoms with Crippen molar-refractivity contribution in [3.8, 4) is 0 Å². The Kier molecular flexibility index (Phi) is 3.53. The van der Waals surface area contributed by atoms with Gasteiger partial charge in [0, 0.05) is 23.6 Å². The van der Waals surface area contributed by atoms with Gasteiger partial charge in [0.25, 0.3) is 0 Å². The fourth-order valence-electron chi connectivity index (χ4n) is 1.27. The summed E-state index contributed by atoms with van der Waals surface area (Å²) < 4.78 is 5.84. The van der Waals surface area contributed by atoms with E-state index in [1.165, 1.54) is 5.56 Å². The number of hydrogen-bond acceptors (Lipinski definition) is 3. The van der Waals surface area contributed by atoms with E-state index in [-0.39, 0.29) is 0 Å². The van der Waals surface area contributed by atoms with Crippen LogP contribution in [0.15, 0.2) is 45.6 Å². The number of hydrogen-bond donors (Lipinski definition) is 1. The molecule has 0 saturated carbocycles. The van der Waals surface area contributed by atoms with Crippen LogP contribution in [-0.4, -0.2) is 5.16 Å². The first-order chi connectivity index (χ1) is 7.34. The molecule has 1 aromatic carbocycles. The zero-order valence-electron chi connectivity index (χ0n) is 8.11. The van der Waals surface area contributed by atoms with Gasteiger partial charge in [-0.3, -0.25) is 0 Å². The number of nitrogens with one attached hydrogen (secondary N) is 1. The van der Waals surface area contributed by atoms with E-state index >= 15 is 0 Å². The third-order valence-electron chi connectivity index (χ3n) is 2.04. The molecule has 15 heavy (non-hydrogen) atoms. The van der Waals surface area contributed by atoms with Crippen LogP contribution >= 0.6 is 15.9 Å². The van der Waals surface area contributed by atoms with Gasteiger partial charge in [-0.25, -0.2) is 0 Å². The fraction of sp³-hybridized carbons (Fsp3) is 0.182. The SMILES string of the molecule is Brc1ccc(CNCc2ccon2)cc1. The molecule has 4 heteroatoms. The predicted octanol–water partition coefficient (Wildman–Crippen LogP) is 2.73. The van der Waals surface area contributed by atoms with Gasteiger partial charge in [0.15, 0.2) is 0 Å². The fourth-order valence-corrected chi connectivity index (χ4v) is 1.53. The number of halogens is 1. The second-order valence-electron chi connectivity index (χ2n) is 3.22. The van der Waals surface area contributed by atoms with Crippen LogP contribution in [0.4, 0.5) is 0 Å². The molecule has 0 fully saturated rings. The van der Waals surface area contributed by atoms with Gasteiger partial charge >= 0.3 is 0 Å². The normalized spacial score (nSPS) is 10.5. The summed E-state index contributed by atoms with van der Waals surface area (Å²) in [7, 11) is 0. The van der Waals surface area contributed by atoms with Crippen molar-refractivity contribution in [1.82, 2.24) is 10.5 Å². The molecule has 0 atom stereocenters. The van der Waals surface area contributed by atoms with E-state index in [4.69, 9.17) is 4.52 Å². The Morgan fingerprint density at radius 2 is 1.93 bits per heavy atom. The summed E-state index contributed by atoms with van der Waals surface area (Å²) in [6, 6.07) is 10.1. The monoisotopic (exact) mass is 266 g/mol. The maximum Gasteiger partial charge on any atom is 0.124 e. The summed E-state index contributed by atoms with van der Waals surface area (Å²) in [4.78, 5) is 0. The number of rotatable bonds is 4. The van der Waals surface area contributed by atoms with E-state index in [2.05, 4.69) is 38.5 Å². The maximum atomic E-state index is 4.74. The van der Waals surface area contributed by atoms with Crippen molar-refractivity contribution in [2.24, 2.45) is 0 Å². The minimum atomic E-state index is 0.729. The highest BCUT2D eigenvalue weighted by Gasteiger charge is 1.96. The van der Waals surface area contributed by atoms with Gasteiger partial charge in [0.05, 0.1) is 5.69 Å². The molecule has 1 aromatic heterocycles. The average molecular weight is 267 g/mol. The molecule has 0 radical (unpaired) electrons. The van der Waals surface area contributed by atoms with Crippen LogP contribution in [0.1, 0.15) is 11.3 Å². The lowest BCUT2D eigenvalue weighted by molar-refractivity contribution is 0.408. The highest BCUT2D eigenvalue weighted by molar-refractivity contribution is 9.10. The smallest absolute Gasteiger partial charge is 0.124 e. The molecular weight excluding hydrogens is 256 g/mol. The van der Waals surface area contributed by atoms with E-state index < -0.39 is 0 Å². The molecule has 0 aliphatic carbocycles. The summed E-state index contributed by atoms with van der Waals surface area (Å²) in [5.74, 6) is 0. The van der Waals surface area contributed by atoms with Gasteiger partial charge in [-0.15, -0.1) is 0 Å². The number of aromatic nitrogens is 1. The standard InChI is InChI=1S/C11H11BrN2O/c12-10-3-1-9(2-4-10)7-13-8-11-5-6-15-14-11/h1-6,13H,7-8H2. The Bertz CT molecular complexity index is 397. The topological polar surface area (TPSA) is 38.1 Å². The van der Waals surface area contributed by atoms with Crippen molar-refractivity contribution in [3.63, 3.8) is 0 Å². The van der Waals surface area contributed by atoms with Gasteiger partial charge in [-0.1, -0.05) is 33.2 Å². The number of nitrogens with zero attached hydrogens (tertiary/aromatic N) is 1. The molecule has 0 aliphatic heterocycles. The molecule has 1 N–H and O–H groups in total. The highest BCUT2D eigenvalue weighted by Crippen LogP contribution is 2.10. The molecule has 0 spiro atoms. The predicted molar refractivity (Wildman–Crippen MR) is 61.2 cm³/mol. The highest BCUT2D eigenvalue weighted by atomic mass is 79.9. The third-order valence-corrected chi connectivity index (χ3v) is 2.57. The molecule has 0 amide bonds. The molecule has 3 nitrogen and oxygen atoms in total. The first-order valence-electron chi connectivity index (χ1n) is 4.69. The van der Waals surface area contributed by atoms with E-state index in [1.54, 1.807) is 6.26 Å². The van der Waals surface area contributed by atoms with E-state index in [0.717, 1.165) is 23.3 Å². The molecule has 1 heterocycles. The maximum absolute atomic E-state index is 4.74. The van der Waals surface area contributed by atoms with Crippen molar-refractivity contribution >= 4 is 15.9 Å². The van der Waals surface area contributed by atoms with Gasteiger partial charge in [0.2, 0.25) is 0 Å². The first kappa shape index (κ1) is 10.4. The summed E-state index contributed by atoms with van der Waals surface area (Å²) >= 11 is 3.40. The molecule has 2 rings (SSSR count). The van der Waals surface area contributed by atoms with E-state index in [9.17, 15) is 0 Å². The first-order valence-corrected chi connectivity index (χ1v) is 5.48. The van der Waals surface area contributed by atoms with Crippen LogP contribution in [0.2, 0.25) is 0 Å². The molecule has 78 valence electrons. The van der Waals surface area contributed by atoms with E-state index in [0.29, 0.717) is 0 Å². The van der Waals surface area contributed by atoms with Crippen molar-refractivity contribution in [2.75, 3.05) is 0 Å². The second kappa shape index (κ2) is 5.09. The van der Waals surface area contributed by atoms with Crippen molar-refractivity contribution < 1.29 is 4.52 Å². The summed E-state index contributed by atoms with van der Waals surface area (Å²) in [5, 5.41) is 7.10. The Balaban J connectivity index is 1.81. The minimum absolute atomic E-state index is 0.729. The Hall–Kier alpha value is -1.13. The van der Waals surface area contributed by atoms with Crippen molar-refractivity contribution in [1.29, 1.82) is 0 Å². The lowest BCUT2D eigenvalue weighted by Crippen LogP contribution is -2.12. The Morgan fingerprint density at radius 1 is 1.13 bits per heavy atom. The van der Waals surface area contributed by atoms with Crippen LogP contribution in [0.5, 0.6) is 0 Å². The minimum Gasteiger partial charge on any atom is -0.364 e. The van der Waals surface area contributed by atoms with Crippen LogP contribution in [-0.2, 0) is 13.1 Å². The zero-order chi connectivity index (χ0) is 10.5. The largest absolute Gasteiger partial charge is 0.364 e. The van der Waals surface area contributed by atoms with Crippen LogP contribution < -0.4 is 5.32 Å². The van der Waals surface area contributed by atoms with Crippen LogP contribution in [0.25, 0.3) is 0 Å². The van der Waals surface area contributed by atoms with Crippen LogP contribution in [0, 0.1) is 0 Å². The summed E-state index contributed by atoms with van der Waals surface area (Å²) in [5.41, 5.74) is 2.17. The Labute approximate surface area is 96.6 Å². The Morgan fingerprint density at radius 3 is 2.60 bits per heavy atom. The van der Waals surface area contributed by atoms with Crippen molar-refractivity contribution in [2.45, 2.75) is 13.1 Å². The quantitative estimate of drug-likeness (QED) is 0.925. The van der Waals surface area contributed by atoms with Crippen molar-refractivity contribution in [3.05, 3.63) is 52.3 Å². The molecule has 0 bridgehead atoms. The van der Waals surface area contributed by atoms with E-state index in [1.807, 2.05) is 18.2 Å². The summed E-state index contributed by atoms with van der Waals surface area (Å²) in [6.45, 7) is 1.56. The van der Waals surface area contributed by atoms with Crippen LogP contribution in [0.3, 0.4) is 0 Å². The lowest BCUT2D eigenvalue weighted by Gasteiger charge is -2.02. The zero-order valence-corrected chi connectivity index (χ0v) is 9.70. The van der Waals surface area contributed by atoms with Gasteiger partial charge in [-0.05, 0) is 17.7 Å². The van der Waals surface area contributed by atoms with Gasteiger partial charge < -0.3 is 9.84 Å². The average Bonchev–Trinajstić information content (AvgIpc) is 2.74. The molecule has 2 aromatic rings. The molecule has 0 aliphatic rings. The lowest BCUT2D eigenvalue weighted by atomic mass is 10.2. The molecule has 0 saturated heterocycles. The number of benzene rings is 1. The van der Waals surface area contributed by atoms with Gasteiger partial charge in [0.1, 0.15) is 6.26 Å². The third kappa shape index (κ3) is 3.18. The van der Waals surface area contributed by atoms with Gasteiger partial charge in [-0.2, -0.15) is 0 Å². The second-order valence-corrected chi connectivity index (χ2v) is 4.14. The molecule has 0 unspecified atom stereocenters. The molecular formula is C11H11BrN2O. The summed E-state index contributed by atoms with van der Waals surface area (Å²) in [6.07, 6.45) is 1.58.